The maximum Gasteiger partial charge on any atom is 0.262 e. The number of carbonyl (C=O) groups is 1. The lowest BCUT2D eigenvalue weighted by Gasteiger charge is -2.11. The minimum Gasteiger partial charge on any atom is -0.326 e. The second-order valence-electron chi connectivity index (χ2n) is 7.78. The molecule has 0 aliphatic carbocycles. The van der Waals surface area contributed by atoms with Crippen molar-refractivity contribution in [2.45, 2.75) is 48.8 Å². The lowest BCUT2D eigenvalue weighted by molar-refractivity contribution is -0.116. The maximum atomic E-state index is 12.7. The van der Waals surface area contributed by atoms with Gasteiger partial charge >= 0.3 is 0 Å². The SMILES string of the molecule is Cc1ccc(S(=O)(=O)NCCC(=O)Nc2cccc(S(=O)(=O)NC3=NCCCCC3)c2)cc1. The number of hydrogen-bond acceptors (Lipinski definition) is 6. The zero-order valence-corrected chi connectivity index (χ0v) is 20.0. The first-order valence-corrected chi connectivity index (χ1v) is 13.6. The fourth-order valence-electron chi connectivity index (χ4n) is 3.24. The number of aliphatic imine (C=N–C) groups is 1. The molecule has 0 aromatic heterocycles. The van der Waals surface area contributed by atoms with Gasteiger partial charge in [0.15, 0.2) is 0 Å². The van der Waals surface area contributed by atoms with Crippen LogP contribution in [0.1, 0.15) is 37.7 Å². The molecule has 1 aliphatic rings. The monoisotopic (exact) mass is 492 g/mol. The van der Waals surface area contributed by atoms with E-state index in [4.69, 9.17) is 0 Å². The Bertz CT molecular complexity index is 1220. The van der Waals surface area contributed by atoms with Crippen LogP contribution in [0.5, 0.6) is 0 Å². The van der Waals surface area contributed by atoms with Crippen LogP contribution in [0.4, 0.5) is 5.69 Å². The lowest BCUT2D eigenvalue weighted by atomic mass is 10.2. The molecule has 11 heteroatoms. The third-order valence-electron chi connectivity index (χ3n) is 5.03. The molecule has 0 bridgehead atoms. The minimum absolute atomic E-state index is 0.00678. The lowest BCUT2D eigenvalue weighted by Crippen LogP contribution is -2.30. The topological polar surface area (TPSA) is 134 Å². The molecule has 1 heterocycles. The number of aryl methyl sites for hydroxylation is 1. The van der Waals surface area contributed by atoms with Crippen LogP contribution in [-0.2, 0) is 24.8 Å². The first-order chi connectivity index (χ1) is 15.7. The summed E-state index contributed by atoms with van der Waals surface area (Å²) in [6, 6.07) is 12.3. The average Bonchev–Trinajstić information content (AvgIpc) is 3.02. The molecule has 3 rings (SSSR count). The molecule has 2 aromatic carbocycles. The smallest absolute Gasteiger partial charge is 0.262 e. The van der Waals surface area contributed by atoms with Crippen molar-refractivity contribution in [1.29, 1.82) is 0 Å². The zero-order valence-electron chi connectivity index (χ0n) is 18.4. The molecule has 0 unspecified atom stereocenters. The van der Waals surface area contributed by atoms with Gasteiger partial charge in [-0.3, -0.25) is 14.5 Å². The fourth-order valence-corrected chi connectivity index (χ4v) is 5.40. The van der Waals surface area contributed by atoms with Crippen LogP contribution in [0.3, 0.4) is 0 Å². The van der Waals surface area contributed by atoms with Gasteiger partial charge in [0, 0.05) is 31.6 Å². The number of nitrogens with zero attached hydrogens (tertiary/aromatic N) is 1. The van der Waals surface area contributed by atoms with E-state index in [0.29, 0.717) is 24.5 Å². The van der Waals surface area contributed by atoms with E-state index in [1.807, 2.05) is 6.92 Å². The van der Waals surface area contributed by atoms with Crippen molar-refractivity contribution < 1.29 is 21.6 Å². The molecule has 0 radical (unpaired) electrons. The van der Waals surface area contributed by atoms with E-state index in [1.54, 1.807) is 18.2 Å². The average molecular weight is 493 g/mol. The van der Waals surface area contributed by atoms with Crippen LogP contribution >= 0.6 is 0 Å². The number of nitrogens with one attached hydrogen (secondary N) is 3. The summed E-state index contributed by atoms with van der Waals surface area (Å²) in [5.74, 6) is 0.0000513. The van der Waals surface area contributed by atoms with Gasteiger partial charge in [0.2, 0.25) is 15.9 Å². The second-order valence-corrected chi connectivity index (χ2v) is 11.2. The van der Waals surface area contributed by atoms with E-state index < -0.39 is 26.0 Å². The molecular formula is C22H28N4O5S2. The van der Waals surface area contributed by atoms with Crippen LogP contribution in [0, 0.1) is 6.92 Å². The van der Waals surface area contributed by atoms with Crippen molar-refractivity contribution in [3.05, 3.63) is 54.1 Å². The summed E-state index contributed by atoms with van der Waals surface area (Å²) in [6.07, 6.45) is 3.29. The van der Waals surface area contributed by atoms with Gasteiger partial charge < -0.3 is 5.32 Å². The van der Waals surface area contributed by atoms with Gasteiger partial charge in [0.25, 0.3) is 10.0 Å². The molecule has 0 fully saturated rings. The first kappa shape index (κ1) is 24.9. The summed E-state index contributed by atoms with van der Waals surface area (Å²) in [6.45, 7) is 2.36. The van der Waals surface area contributed by atoms with Crippen molar-refractivity contribution in [2.24, 2.45) is 4.99 Å². The van der Waals surface area contributed by atoms with Crippen LogP contribution in [0.25, 0.3) is 0 Å². The highest BCUT2D eigenvalue weighted by atomic mass is 32.2. The summed E-state index contributed by atoms with van der Waals surface area (Å²) in [5, 5.41) is 2.61. The zero-order chi connectivity index (χ0) is 23.9. The molecule has 33 heavy (non-hydrogen) atoms. The van der Waals surface area contributed by atoms with Crippen LogP contribution in [-0.4, -0.2) is 41.7 Å². The Labute approximate surface area is 194 Å². The summed E-state index contributed by atoms with van der Waals surface area (Å²) >= 11 is 0. The Kier molecular flexibility index (Phi) is 8.22. The first-order valence-electron chi connectivity index (χ1n) is 10.7. The molecule has 0 atom stereocenters. The third-order valence-corrected chi connectivity index (χ3v) is 7.89. The molecule has 0 spiro atoms. The van der Waals surface area contributed by atoms with Gasteiger partial charge in [-0.2, -0.15) is 0 Å². The second kappa shape index (κ2) is 10.9. The molecule has 178 valence electrons. The van der Waals surface area contributed by atoms with E-state index >= 15 is 0 Å². The van der Waals surface area contributed by atoms with Gasteiger partial charge in [-0.05, 0) is 50.1 Å². The molecule has 2 aromatic rings. The number of sulfonamides is 2. The Morgan fingerprint density at radius 2 is 1.70 bits per heavy atom. The maximum absolute atomic E-state index is 12.7. The van der Waals surface area contributed by atoms with Crippen molar-refractivity contribution in [2.75, 3.05) is 18.4 Å². The summed E-state index contributed by atoms with van der Waals surface area (Å²) in [5.41, 5.74) is 1.24. The highest BCUT2D eigenvalue weighted by Gasteiger charge is 2.18. The molecule has 1 amide bonds. The third kappa shape index (κ3) is 7.37. The highest BCUT2D eigenvalue weighted by molar-refractivity contribution is 7.90. The van der Waals surface area contributed by atoms with Crippen molar-refractivity contribution in [3.63, 3.8) is 0 Å². The minimum atomic E-state index is -3.83. The van der Waals surface area contributed by atoms with Crippen LogP contribution in [0.15, 0.2) is 63.3 Å². The summed E-state index contributed by atoms with van der Waals surface area (Å²) < 4.78 is 54.9. The quantitative estimate of drug-likeness (QED) is 0.521. The number of hydrogen-bond donors (Lipinski definition) is 3. The number of rotatable bonds is 8. The van der Waals surface area contributed by atoms with Gasteiger partial charge in [0.05, 0.1) is 9.79 Å². The van der Waals surface area contributed by atoms with Crippen LogP contribution in [0.2, 0.25) is 0 Å². The van der Waals surface area contributed by atoms with E-state index in [0.717, 1.165) is 24.8 Å². The molecule has 3 N–H and O–H groups in total. The molecule has 0 saturated heterocycles. The van der Waals surface area contributed by atoms with Gasteiger partial charge in [-0.25, -0.2) is 21.6 Å². The van der Waals surface area contributed by atoms with E-state index in [1.165, 1.54) is 30.3 Å². The Hall–Kier alpha value is -2.76. The highest BCUT2D eigenvalue weighted by Crippen LogP contribution is 2.17. The van der Waals surface area contributed by atoms with E-state index in [2.05, 4.69) is 19.8 Å². The number of anilines is 1. The largest absolute Gasteiger partial charge is 0.326 e. The molecular weight excluding hydrogens is 464 g/mol. The number of carbonyl (C=O) groups excluding carboxylic acids is 1. The Balaban J connectivity index is 1.56. The summed E-state index contributed by atoms with van der Waals surface area (Å²) in [7, 11) is -7.55. The summed E-state index contributed by atoms with van der Waals surface area (Å²) in [4.78, 5) is 16.7. The van der Waals surface area contributed by atoms with Crippen LogP contribution < -0.4 is 14.8 Å². The van der Waals surface area contributed by atoms with E-state index in [9.17, 15) is 21.6 Å². The molecule has 9 nitrogen and oxygen atoms in total. The molecule has 1 aliphatic heterocycles. The van der Waals surface area contributed by atoms with Crippen molar-refractivity contribution in [1.82, 2.24) is 9.44 Å². The van der Waals surface area contributed by atoms with Gasteiger partial charge in [0.1, 0.15) is 5.84 Å². The number of amidine groups is 1. The van der Waals surface area contributed by atoms with Gasteiger partial charge in [-0.15, -0.1) is 0 Å². The normalized spacial score (nSPS) is 14.8. The number of benzene rings is 2. The molecule has 0 saturated carbocycles. The standard InChI is InChI=1S/C22H28N4O5S2/c1-17-9-11-19(12-10-17)32(28,29)24-15-13-22(27)25-18-6-5-7-20(16-18)33(30,31)26-21-8-3-2-4-14-23-21/h5-7,9-12,16,24H,2-4,8,13-15H2,1H3,(H,23,26)(H,25,27). The number of amides is 1. The Morgan fingerprint density at radius 3 is 2.45 bits per heavy atom. The predicted molar refractivity (Wildman–Crippen MR) is 127 cm³/mol. The predicted octanol–water partition coefficient (Wildman–Crippen LogP) is 2.55. The van der Waals surface area contributed by atoms with E-state index in [-0.39, 0.29) is 22.8 Å². The van der Waals surface area contributed by atoms with Gasteiger partial charge in [-0.1, -0.05) is 30.2 Å². The Morgan fingerprint density at radius 1 is 0.939 bits per heavy atom. The van der Waals surface area contributed by atoms with Crippen molar-refractivity contribution in [3.8, 4) is 0 Å². The van der Waals surface area contributed by atoms with Crippen molar-refractivity contribution >= 4 is 37.5 Å². The fraction of sp³-hybridized carbons (Fsp3) is 0.364.